The predicted octanol–water partition coefficient (Wildman–Crippen LogP) is -0.138. The second-order valence-corrected chi connectivity index (χ2v) is 7.53. The molecule has 10 heteroatoms. The fraction of sp³-hybridized carbons (Fsp3) is 0.632. The molecule has 1 aromatic rings. The molecule has 2 atom stereocenters. The number of hydrogen-bond acceptors (Lipinski definition) is 7. The molecule has 1 saturated heterocycles. The smallest absolute Gasteiger partial charge is 0.290 e. The minimum Gasteiger partial charge on any atom is -0.365 e. The van der Waals surface area contributed by atoms with Crippen LogP contribution >= 0.6 is 0 Å². The summed E-state index contributed by atoms with van der Waals surface area (Å²) in [7, 11) is 0. The minimum absolute atomic E-state index is 0.0334. The summed E-state index contributed by atoms with van der Waals surface area (Å²) in [5.41, 5.74) is 0.555. The van der Waals surface area contributed by atoms with Crippen molar-refractivity contribution in [2.24, 2.45) is 5.92 Å². The summed E-state index contributed by atoms with van der Waals surface area (Å²) in [6.45, 7) is 1.46. The van der Waals surface area contributed by atoms with Gasteiger partial charge in [-0.1, -0.05) is 30.8 Å². The Labute approximate surface area is 168 Å². The van der Waals surface area contributed by atoms with Gasteiger partial charge in [0.25, 0.3) is 5.91 Å². The van der Waals surface area contributed by atoms with Gasteiger partial charge >= 0.3 is 0 Å². The number of nitrogens with one attached hydrogen (secondary N) is 3. The summed E-state index contributed by atoms with van der Waals surface area (Å²) in [6, 6.07) is -0.593. The Morgan fingerprint density at radius 1 is 1.14 bits per heavy atom. The van der Waals surface area contributed by atoms with E-state index in [1.165, 1.54) is 6.20 Å². The lowest BCUT2D eigenvalue weighted by molar-refractivity contribution is -0.129. The Bertz CT molecular complexity index is 767. The van der Waals surface area contributed by atoms with Gasteiger partial charge in [-0.25, -0.2) is 0 Å². The molecule has 0 spiro atoms. The summed E-state index contributed by atoms with van der Waals surface area (Å²) in [6.07, 6.45) is 5.99. The van der Waals surface area contributed by atoms with E-state index in [0.29, 0.717) is 24.5 Å². The third-order valence-corrected chi connectivity index (χ3v) is 5.18. The summed E-state index contributed by atoms with van der Waals surface area (Å²) in [5, 5.41) is 11.0. The van der Waals surface area contributed by atoms with Crippen LogP contribution in [0.5, 0.6) is 0 Å². The molecule has 1 aliphatic heterocycles. The maximum Gasteiger partial charge on any atom is 0.290 e. The van der Waals surface area contributed by atoms with Gasteiger partial charge < -0.3 is 25.2 Å². The Morgan fingerprint density at radius 3 is 2.45 bits per heavy atom. The molecular weight excluding hydrogens is 380 g/mol. The summed E-state index contributed by atoms with van der Waals surface area (Å²) in [4.78, 5) is 48.4. The van der Waals surface area contributed by atoms with E-state index in [2.05, 4.69) is 21.1 Å². The van der Waals surface area contributed by atoms with E-state index >= 15 is 0 Å². The monoisotopic (exact) mass is 406 g/mol. The molecule has 3 rings (SSSR count). The van der Waals surface area contributed by atoms with E-state index in [0.717, 1.165) is 25.7 Å². The van der Waals surface area contributed by atoms with Crippen molar-refractivity contribution in [3.05, 3.63) is 17.5 Å². The van der Waals surface area contributed by atoms with E-state index in [1.807, 2.05) is 0 Å². The molecule has 1 saturated carbocycles. The van der Waals surface area contributed by atoms with Crippen LogP contribution in [-0.4, -0.2) is 60.5 Å². The third-order valence-electron chi connectivity index (χ3n) is 5.18. The summed E-state index contributed by atoms with van der Waals surface area (Å²) >= 11 is 0. The van der Waals surface area contributed by atoms with Gasteiger partial charge in [-0.2, -0.15) is 0 Å². The zero-order valence-corrected chi connectivity index (χ0v) is 16.4. The summed E-state index contributed by atoms with van der Waals surface area (Å²) < 4.78 is 9.87. The van der Waals surface area contributed by atoms with Crippen molar-refractivity contribution in [3.63, 3.8) is 0 Å². The number of ketones is 1. The van der Waals surface area contributed by atoms with Crippen LogP contribution in [-0.2, 0) is 19.1 Å². The Balaban J connectivity index is 1.40. The maximum atomic E-state index is 12.4. The zero-order valence-electron chi connectivity index (χ0n) is 16.4. The van der Waals surface area contributed by atoms with Gasteiger partial charge in [-0.15, -0.1) is 0 Å². The van der Waals surface area contributed by atoms with E-state index in [1.54, 1.807) is 6.92 Å². The number of carbonyl (C=O) groups is 4. The molecule has 10 nitrogen and oxygen atoms in total. The first-order chi connectivity index (χ1) is 13.9. The molecule has 2 heterocycles. The van der Waals surface area contributed by atoms with Crippen molar-refractivity contribution in [2.75, 3.05) is 19.7 Å². The highest BCUT2D eigenvalue weighted by Crippen LogP contribution is 2.29. The number of amides is 3. The maximum absolute atomic E-state index is 12.4. The summed E-state index contributed by atoms with van der Waals surface area (Å²) in [5.74, 6) is -1.20. The van der Waals surface area contributed by atoms with E-state index in [-0.39, 0.29) is 24.6 Å². The second-order valence-electron chi connectivity index (χ2n) is 7.53. The van der Waals surface area contributed by atoms with Gasteiger partial charge in [0.15, 0.2) is 5.78 Å². The zero-order chi connectivity index (χ0) is 20.8. The van der Waals surface area contributed by atoms with Crippen LogP contribution in [0, 0.1) is 12.8 Å². The normalized spacial score (nSPS) is 19.4. The van der Waals surface area contributed by atoms with Crippen molar-refractivity contribution in [1.82, 2.24) is 21.1 Å². The molecule has 1 aromatic heterocycles. The Kier molecular flexibility index (Phi) is 6.97. The molecule has 1 aliphatic carbocycles. The molecule has 158 valence electrons. The standard InChI is InChI=1S/C19H26N4O6/c1-11-7-22-29-18(11)19(27)21-8-15(24)20-9-16(25)23-13(17(26)14-10-28-14)6-12-4-2-3-5-12/h7,12-14H,2-6,8-10H2,1H3,(H,20,24)(H,21,27)(H,23,25). The van der Waals surface area contributed by atoms with Crippen LogP contribution in [0.2, 0.25) is 0 Å². The lowest BCUT2D eigenvalue weighted by Crippen LogP contribution is -2.48. The number of carbonyl (C=O) groups excluding carboxylic acids is 4. The number of aromatic nitrogens is 1. The van der Waals surface area contributed by atoms with Crippen LogP contribution in [0.25, 0.3) is 0 Å². The number of nitrogens with zero attached hydrogens (tertiary/aromatic N) is 1. The molecule has 0 aromatic carbocycles. The number of aryl methyl sites for hydroxylation is 1. The Hall–Kier alpha value is -2.75. The van der Waals surface area contributed by atoms with Crippen LogP contribution in [0.4, 0.5) is 0 Å². The fourth-order valence-corrected chi connectivity index (χ4v) is 3.50. The van der Waals surface area contributed by atoms with Gasteiger partial charge in [0.2, 0.25) is 17.6 Å². The van der Waals surface area contributed by atoms with Crippen molar-refractivity contribution >= 4 is 23.5 Å². The minimum atomic E-state index is -0.593. The topological polar surface area (TPSA) is 143 Å². The van der Waals surface area contributed by atoms with E-state index in [4.69, 9.17) is 9.26 Å². The first kappa shape index (κ1) is 21.0. The number of hydrogen-bond donors (Lipinski definition) is 3. The number of ether oxygens (including phenoxy) is 1. The number of Topliss-reactive ketones (excluding diaryl/α,β-unsaturated/α-hetero) is 1. The SMILES string of the molecule is Cc1cnoc1C(=O)NCC(=O)NCC(=O)NC(CC1CCCC1)C(=O)C1CO1. The highest BCUT2D eigenvalue weighted by Gasteiger charge is 2.38. The average Bonchev–Trinajstić information content (AvgIpc) is 3.26. The van der Waals surface area contributed by atoms with Gasteiger partial charge in [-0.3, -0.25) is 19.2 Å². The number of rotatable bonds is 10. The van der Waals surface area contributed by atoms with Crippen molar-refractivity contribution in [1.29, 1.82) is 0 Å². The predicted molar refractivity (Wildman–Crippen MR) is 99.8 cm³/mol. The first-order valence-electron chi connectivity index (χ1n) is 9.85. The van der Waals surface area contributed by atoms with E-state index < -0.39 is 29.9 Å². The van der Waals surface area contributed by atoms with Crippen molar-refractivity contribution in [3.8, 4) is 0 Å². The molecule has 0 radical (unpaired) electrons. The van der Waals surface area contributed by atoms with E-state index in [9.17, 15) is 19.2 Å². The van der Waals surface area contributed by atoms with Gasteiger partial charge in [0, 0.05) is 5.56 Å². The van der Waals surface area contributed by atoms with Crippen LogP contribution in [0.1, 0.15) is 48.2 Å². The third kappa shape index (κ3) is 6.11. The van der Waals surface area contributed by atoms with Crippen LogP contribution < -0.4 is 16.0 Å². The van der Waals surface area contributed by atoms with Crippen molar-refractivity contribution in [2.45, 2.75) is 51.2 Å². The molecule has 2 aliphatic rings. The van der Waals surface area contributed by atoms with Gasteiger partial charge in [0.1, 0.15) is 6.10 Å². The van der Waals surface area contributed by atoms with Crippen LogP contribution in [0.15, 0.2) is 10.7 Å². The molecule has 2 unspecified atom stereocenters. The highest BCUT2D eigenvalue weighted by atomic mass is 16.6. The molecule has 0 bridgehead atoms. The molecule has 2 fully saturated rings. The lowest BCUT2D eigenvalue weighted by atomic mass is 9.94. The van der Waals surface area contributed by atoms with Gasteiger partial charge in [-0.05, 0) is 19.3 Å². The lowest BCUT2D eigenvalue weighted by Gasteiger charge is -2.20. The quantitative estimate of drug-likeness (QED) is 0.459. The average molecular weight is 406 g/mol. The molecule has 3 amide bonds. The molecular formula is C19H26N4O6. The van der Waals surface area contributed by atoms with Crippen molar-refractivity contribution < 1.29 is 28.4 Å². The molecule has 29 heavy (non-hydrogen) atoms. The van der Waals surface area contributed by atoms with Crippen LogP contribution in [0.3, 0.4) is 0 Å². The number of epoxide rings is 1. The first-order valence-corrected chi connectivity index (χ1v) is 9.85. The fourth-order valence-electron chi connectivity index (χ4n) is 3.50. The van der Waals surface area contributed by atoms with Gasteiger partial charge in [0.05, 0.1) is 31.9 Å². The molecule has 3 N–H and O–H groups in total. The highest BCUT2D eigenvalue weighted by molar-refractivity contribution is 5.96. The largest absolute Gasteiger partial charge is 0.365 e. The second kappa shape index (κ2) is 9.64. The Morgan fingerprint density at radius 2 is 1.83 bits per heavy atom.